The summed E-state index contributed by atoms with van der Waals surface area (Å²) in [6.45, 7) is 0.495. The molecule has 0 bridgehead atoms. The smallest absolute Gasteiger partial charge is 0.225 e. The Morgan fingerprint density at radius 3 is 2.44 bits per heavy atom. The van der Waals surface area contributed by atoms with Gasteiger partial charge in [-0.3, -0.25) is 4.98 Å². The van der Waals surface area contributed by atoms with Crippen LogP contribution in [-0.4, -0.2) is 31.8 Å². The Balaban J connectivity index is 1.62. The van der Waals surface area contributed by atoms with Gasteiger partial charge >= 0.3 is 0 Å². The summed E-state index contributed by atoms with van der Waals surface area (Å²) in [6, 6.07) is 23.2. The zero-order chi connectivity index (χ0) is 21.9. The van der Waals surface area contributed by atoms with Crippen LogP contribution in [0, 0.1) is 0 Å². The minimum absolute atomic E-state index is 0.460. The summed E-state index contributed by atoms with van der Waals surface area (Å²) in [5.41, 5.74) is 10.4. The third-order valence-corrected chi connectivity index (χ3v) is 5.09. The molecule has 3 aromatic heterocycles. The summed E-state index contributed by atoms with van der Waals surface area (Å²) >= 11 is 0. The molecule has 8 heteroatoms. The van der Waals surface area contributed by atoms with E-state index >= 15 is 0 Å². The van der Waals surface area contributed by atoms with Crippen LogP contribution in [0.2, 0.25) is 0 Å². The van der Waals surface area contributed by atoms with Crippen LogP contribution >= 0.6 is 0 Å². The highest BCUT2D eigenvalue weighted by atomic mass is 16.5. The third kappa shape index (κ3) is 3.69. The Kier molecular flexibility index (Phi) is 5.09. The second-order valence-electron chi connectivity index (χ2n) is 7.13. The fraction of sp³-hybridized carbons (Fsp3) is 0.0833. The molecule has 0 saturated heterocycles. The van der Waals surface area contributed by atoms with Gasteiger partial charge in [-0.15, -0.1) is 5.10 Å². The van der Waals surface area contributed by atoms with Crippen LogP contribution in [0.1, 0.15) is 5.69 Å². The van der Waals surface area contributed by atoms with Crippen molar-refractivity contribution in [2.45, 2.75) is 6.54 Å². The average molecular weight is 423 g/mol. The van der Waals surface area contributed by atoms with Crippen molar-refractivity contribution in [1.29, 1.82) is 0 Å². The van der Waals surface area contributed by atoms with Crippen LogP contribution in [0.25, 0.3) is 28.0 Å². The number of pyridine rings is 1. The number of nitrogens with one attached hydrogen (secondary N) is 1. The third-order valence-electron chi connectivity index (χ3n) is 5.09. The first-order valence-electron chi connectivity index (χ1n) is 10.1. The van der Waals surface area contributed by atoms with Crippen LogP contribution in [0.4, 0.5) is 11.8 Å². The van der Waals surface area contributed by atoms with Gasteiger partial charge in [-0.2, -0.15) is 4.98 Å². The lowest BCUT2D eigenvalue weighted by Gasteiger charge is -2.08. The molecule has 0 radical (unpaired) electrons. The number of nitrogens with zero attached hydrogens (tertiary/aromatic N) is 5. The highest BCUT2D eigenvalue weighted by Crippen LogP contribution is 2.33. The molecule has 0 unspecified atom stereocenters. The molecule has 2 aromatic carbocycles. The average Bonchev–Trinajstić information content (AvgIpc) is 3.19. The van der Waals surface area contributed by atoms with Crippen molar-refractivity contribution >= 4 is 22.8 Å². The number of ether oxygens (including phenoxy) is 1. The van der Waals surface area contributed by atoms with Crippen LogP contribution in [0.5, 0.6) is 5.75 Å². The number of nitrogen functional groups attached to an aromatic ring is 1. The predicted octanol–water partition coefficient (Wildman–Crippen LogP) is 4.08. The van der Waals surface area contributed by atoms with Crippen LogP contribution in [-0.2, 0) is 6.54 Å². The first-order chi connectivity index (χ1) is 15.7. The lowest BCUT2D eigenvalue weighted by molar-refractivity contribution is 0.414. The fourth-order valence-corrected chi connectivity index (χ4v) is 3.49. The van der Waals surface area contributed by atoms with Crippen LogP contribution < -0.4 is 15.8 Å². The Morgan fingerprint density at radius 2 is 1.72 bits per heavy atom. The number of aromatic nitrogens is 5. The molecule has 32 heavy (non-hydrogen) atoms. The Morgan fingerprint density at radius 1 is 0.938 bits per heavy atom. The normalized spacial score (nSPS) is 10.9. The largest absolute Gasteiger partial charge is 0.497 e. The van der Waals surface area contributed by atoms with E-state index in [1.165, 1.54) is 0 Å². The second kappa shape index (κ2) is 8.35. The van der Waals surface area contributed by atoms with Gasteiger partial charge in [0.05, 0.1) is 36.1 Å². The van der Waals surface area contributed by atoms with Crippen molar-refractivity contribution in [1.82, 2.24) is 24.7 Å². The predicted molar refractivity (Wildman–Crippen MR) is 125 cm³/mol. The monoisotopic (exact) mass is 423 g/mol. The Labute approximate surface area is 184 Å². The summed E-state index contributed by atoms with van der Waals surface area (Å²) in [5.74, 6) is 1.69. The maximum Gasteiger partial charge on any atom is 0.225 e. The number of benzene rings is 2. The van der Waals surface area contributed by atoms with E-state index < -0.39 is 0 Å². The van der Waals surface area contributed by atoms with E-state index in [1.54, 1.807) is 18.0 Å². The molecule has 5 aromatic rings. The van der Waals surface area contributed by atoms with Crippen LogP contribution in [0.3, 0.4) is 0 Å². The van der Waals surface area contributed by atoms with Gasteiger partial charge in [0.2, 0.25) is 5.95 Å². The number of hydrogen-bond acceptors (Lipinski definition) is 7. The highest BCUT2D eigenvalue weighted by Gasteiger charge is 2.19. The molecule has 158 valence electrons. The summed E-state index contributed by atoms with van der Waals surface area (Å²) in [7, 11) is 1.63. The topological polar surface area (TPSA) is 104 Å². The highest BCUT2D eigenvalue weighted by molar-refractivity contribution is 5.99. The minimum Gasteiger partial charge on any atom is -0.497 e. The molecule has 0 spiro atoms. The SMILES string of the molecule is COc1ccc(-n2nc3nc(NCc4ccccn4)nc(-c4ccccc4)c3c2N)cc1. The lowest BCUT2D eigenvalue weighted by atomic mass is 10.1. The molecular formula is C24H21N7O. The first-order valence-corrected chi connectivity index (χ1v) is 10.1. The molecule has 3 N–H and O–H groups in total. The quantitative estimate of drug-likeness (QED) is 0.424. The van der Waals surface area contributed by atoms with E-state index in [1.807, 2.05) is 72.8 Å². The number of methoxy groups -OCH3 is 1. The van der Waals surface area contributed by atoms with Gasteiger partial charge < -0.3 is 15.8 Å². The van der Waals surface area contributed by atoms with Crippen molar-refractivity contribution in [3.05, 3.63) is 84.7 Å². The zero-order valence-electron chi connectivity index (χ0n) is 17.4. The van der Waals surface area contributed by atoms with Gasteiger partial charge in [0.1, 0.15) is 11.6 Å². The van der Waals surface area contributed by atoms with Crippen molar-refractivity contribution in [3.8, 4) is 22.7 Å². The summed E-state index contributed by atoms with van der Waals surface area (Å²) < 4.78 is 6.93. The summed E-state index contributed by atoms with van der Waals surface area (Å²) in [4.78, 5) is 13.7. The van der Waals surface area contributed by atoms with E-state index in [-0.39, 0.29) is 0 Å². The molecule has 8 nitrogen and oxygen atoms in total. The van der Waals surface area contributed by atoms with E-state index in [2.05, 4.69) is 20.4 Å². The molecule has 5 rings (SSSR count). The lowest BCUT2D eigenvalue weighted by Crippen LogP contribution is -2.06. The van der Waals surface area contributed by atoms with Gasteiger partial charge in [-0.25, -0.2) is 9.67 Å². The number of rotatable bonds is 6. The molecule has 0 saturated carbocycles. The van der Waals surface area contributed by atoms with Crippen molar-refractivity contribution in [3.63, 3.8) is 0 Å². The molecule has 0 aliphatic heterocycles. The number of nitrogens with two attached hydrogens (primary N) is 1. The van der Waals surface area contributed by atoms with E-state index in [4.69, 9.17) is 15.5 Å². The van der Waals surface area contributed by atoms with E-state index in [0.717, 1.165) is 28.4 Å². The number of anilines is 2. The van der Waals surface area contributed by atoms with Gasteiger partial charge in [0.25, 0.3) is 0 Å². The van der Waals surface area contributed by atoms with Crippen LogP contribution in [0.15, 0.2) is 79.0 Å². The molecule has 0 amide bonds. The number of hydrogen-bond donors (Lipinski definition) is 2. The fourth-order valence-electron chi connectivity index (χ4n) is 3.49. The van der Waals surface area contributed by atoms with Gasteiger partial charge in [0, 0.05) is 11.8 Å². The number of fused-ring (bicyclic) bond motifs is 1. The van der Waals surface area contributed by atoms with E-state index in [0.29, 0.717) is 29.3 Å². The molecule has 0 aliphatic rings. The molecule has 0 aliphatic carbocycles. The molecule has 3 heterocycles. The molecular weight excluding hydrogens is 402 g/mol. The Bertz CT molecular complexity index is 1350. The maximum absolute atomic E-state index is 6.55. The van der Waals surface area contributed by atoms with Crippen molar-refractivity contribution in [2.24, 2.45) is 0 Å². The first kappa shape index (κ1) is 19.5. The standard InChI is InChI=1S/C24H21N7O/c1-32-19-12-10-18(11-13-19)31-22(25)20-21(16-7-3-2-4-8-16)28-24(29-23(20)30-31)27-15-17-9-5-6-14-26-17/h2-14H,15,25H2,1H3,(H,27,29,30). The van der Waals surface area contributed by atoms with Gasteiger partial charge in [-0.1, -0.05) is 36.4 Å². The zero-order valence-corrected chi connectivity index (χ0v) is 17.4. The second-order valence-corrected chi connectivity index (χ2v) is 7.13. The molecule has 0 fully saturated rings. The summed E-state index contributed by atoms with van der Waals surface area (Å²) in [6.07, 6.45) is 1.76. The summed E-state index contributed by atoms with van der Waals surface area (Å²) in [5, 5.41) is 8.64. The van der Waals surface area contributed by atoms with Gasteiger partial charge in [-0.05, 0) is 36.4 Å². The minimum atomic E-state index is 0.460. The van der Waals surface area contributed by atoms with E-state index in [9.17, 15) is 0 Å². The van der Waals surface area contributed by atoms with Crippen molar-refractivity contribution < 1.29 is 4.74 Å². The molecule has 0 atom stereocenters. The Hall–Kier alpha value is -4.46. The maximum atomic E-state index is 6.55. The van der Waals surface area contributed by atoms with Crippen molar-refractivity contribution in [2.75, 3.05) is 18.2 Å². The van der Waals surface area contributed by atoms with Gasteiger partial charge in [0.15, 0.2) is 5.65 Å².